The lowest BCUT2D eigenvalue weighted by Gasteiger charge is -2.26. The van der Waals surface area contributed by atoms with E-state index in [2.05, 4.69) is 0 Å². The van der Waals surface area contributed by atoms with Gasteiger partial charge < -0.3 is 4.90 Å². The van der Waals surface area contributed by atoms with Crippen molar-refractivity contribution in [1.82, 2.24) is 4.90 Å². The Kier molecular flexibility index (Phi) is 3.41. The molecule has 0 unspecified atom stereocenters. The molecule has 18 heavy (non-hydrogen) atoms. The Bertz CT molecular complexity index is 465. The predicted octanol–water partition coefficient (Wildman–Crippen LogP) is 2.91. The number of Topliss-reactive ketones (excluding diaryl/α,β-unsaturated/α-hetero) is 1. The smallest absolute Gasteiger partial charge is 0.372 e. The standard InChI is InChI=1S/C13H12F3NO/c14-13(15,16)11-9-17(7-6-12(11)18)8-10-4-2-1-3-5-10/h1-5,9H,6-8H2. The number of allylic oxidation sites excluding steroid dienone is 1. The van der Waals surface area contributed by atoms with Crippen LogP contribution in [0.2, 0.25) is 0 Å². The molecule has 0 atom stereocenters. The summed E-state index contributed by atoms with van der Waals surface area (Å²) in [7, 11) is 0. The summed E-state index contributed by atoms with van der Waals surface area (Å²) in [5.74, 6) is -0.827. The van der Waals surface area contributed by atoms with Crippen molar-refractivity contribution in [1.29, 1.82) is 0 Å². The van der Waals surface area contributed by atoms with E-state index in [1.807, 2.05) is 30.3 Å². The van der Waals surface area contributed by atoms with Gasteiger partial charge in [0.15, 0.2) is 5.78 Å². The first-order valence-corrected chi connectivity index (χ1v) is 5.57. The van der Waals surface area contributed by atoms with Crippen LogP contribution in [0.25, 0.3) is 0 Å². The van der Waals surface area contributed by atoms with Gasteiger partial charge >= 0.3 is 6.18 Å². The Balaban J connectivity index is 2.16. The van der Waals surface area contributed by atoms with E-state index in [9.17, 15) is 18.0 Å². The zero-order chi connectivity index (χ0) is 13.2. The summed E-state index contributed by atoms with van der Waals surface area (Å²) in [5.41, 5.74) is -0.130. The van der Waals surface area contributed by atoms with Crippen molar-refractivity contribution in [3.05, 3.63) is 47.7 Å². The van der Waals surface area contributed by atoms with Gasteiger partial charge in [0.25, 0.3) is 0 Å². The fourth-order valence-electron chi connectivity index (χ4n) is 1.87. The maximum Gasteiger partial charge on any atom is 0.421 e. The third kappa shape index (κ3) is 2.91. The van der Waals surface area contributed by atoms with Crippen molar-refractivity contribution in [2.75, 3.05) is 6.54 Å². The monoisotopic (exact) mass is 255 g/mol. The first kappa shape index (κ1) is 12.7. The number of alkyl halides is 3. The largest absolute Gasteiger partial charge is 0.421 e. The third-order valence-electron chi connectivity index (χ3n) is 2.77. The molecule has 1 heterocycles. The zero-order valence-electron chi connectivity index (χ0n) is 9.57. The average Bonchev–Trinajstić information content (AvgIpc) is 2.31. The molecule has 0 aromatic heterocycles. The molecule has 0 aliphatic carbocycles. The molecule has 0 spiro atoms. The van der Waals surface area contributed by atoms with Crippen molar-refractivity contribution in [2.24, 2.45) is 0 Å². The topological polar surface area (TPSA) is 20.3 Å². The SMILES string of the molecule is O=C1CCN(Cc2ccccc2)C=C1C(F)(F)F. The van der Waals surface area contributed by atoms with Crippen LogP contribution in [0.1, 0.15) is 12.0 Å². The molecule has 5 heteroatoms. The fraction of sp³-hybridized carbons (Fsp3) is 0.308. The minimum atomic E-state index is -4.56. The molecule has 1 aromatic rings. The van der Waals surface area contributed by atoms with E-state index in [1.165, 1.54) is 4.90 Å². The van der Waals surface area contributed by atoms with Gasteiger partial charge in [-0.05, 0) is 5.56 Å². The van der Waals surface area contributed by atoms with Gasteiger partial charge in [-0.3, -0.25) is 4.79 Å². The quantitative estimate of drug-likeness (QED) is 0.809. The molecule has 2 rings (SSSR count). The Morgan fingerprint density at radius 3 is 2.44 bits per heavy atom. The predicted molar refractivity (Wildman–Crippen MR) is 60.6 cm³/mol. The third-order valence-corrected chi connectivity index (χ3v) is 2.77. The van der Waals surface area contributed by atoms with Gasteiger partial charge in [0, 0.05) is 25.7 Å². The van der Waals surface area contributed by atoms with Crippen LogP contribution in [0.3, 0.4) is 0 Å². The number of nitrogens with zero attached hydrogens (tertiary/aromatic N) is 1. The van der Waals surface area contributed by atoms with E-state index >= 15 is 0 Å². The fourth-order valence-corrected chi connectivity index (χ4v) is 1.87. The number of ketones is 1. The Labute approximate surface area is 103 Å². The van der Waals surface area contributed by atoms with Gasteiger partial charge in [-0.25, -0.2) is 0 Å². The molecule has 1 aliphatic heterocycles. The van der Waals surface area contributed by atoms with Crippen LogP contribution in [0, 0.1) is 0 Å². The summed E-state index contributed by atoms with van der Waals surface area (Å²) in [4.78, 5) is 12.8. The van der Waals surface area contributed by atoms with Crippen molar-refractivity contribution in [3.63, 3.8) is 0 Å². The lowest BCUT2D eigenvalue weighted by atomic mass is 10.0. The number of halogens is 3. The van der Waals surface area contributed by atoms with E-state index in [0.717, 1.165) is 11.8 Å². The second-order valence-electron chi connectivity index (χ2n) is 4.17. The van der Waals surface area contributed by atoms with E-state index in [4.69, 9.17) is 0 Å². The number of carbonyl (C=O) groups is 1. The van der Waals surface area contributed by atoms with Crippen LogP contribution in [0.15, 0.2) is 42.1 Å². The highest BCUT2D eigenvalue weighted by molar-refractivity contribution is 5.97. The maximum atomic E-state index is 12.6. The molecule has 0 saturated carbocycles. The molecule has 96 valence electrons. The van der Waals surface area contributed by atoms with Gasteiger partial charge in [-0.15, -0.1) is 0 Å². The first-order chi connectivity index (χ1) is 8.47. The summed E-state index contributed by atoms with van der Waals surface area (Å²) in [6, 6.07) is 9.20. The molecular formula is C13H12F3NO. The van der Waals surface area contributed by atoms with Crippen LogP contribution < -0.4 is 0 Å². The Hall–Kier alpha value is -1.78. The van der Waals surface area contributed by atoms with E-state index in [1.54, 1.807) is 0 Å². The molecule has 2 nitrogen and oxygen atoms in total. The molecule has 0 amide bonds. The van der Waals surface area contributed by atoms with Gasteiger partial charge in [-0.2, -0.15) is 13.2 Å². The average molecular weight is 255 g/mol. The number of benzene rings is 1. The summed E-state index contributed by atoms with van der Waals surface area (Å²) < 4.78 is 37.8. The number of hydrogen-bond acceptors (Lipinski definition) is 2. The minimum Gasteiger partial charge on any atom is -0.372 e. The van der Waals surface area contributed by atoms with Crippen LogP contribution in [0.5, 0.6) is 0 Å². The molecule has 0 bridgehead atoms. The summed E-state index contributed by atoms with van der Waals surface area (Å²) in [6.45, 7) is 0.709. The normalized spacial score (nSPS) is 16.7. The van der Waals surface area contributed by atoms with Gasteiger partial charge in [0.05, 0.1) is 0 Å². The highest BCUT2D eigenvalue weighted by atomic mass is 19.4. The van der Waals surface area contributed by atoms with Crippen molar-refractivity contribution in [3.8, 4) is 0 Å². The van der Waals surface area contributed by atoms with Crippen LogP contribution in [-0.2, 0) is 11.3 Å². The second-order valence-corrected chi connectivity index (χ2v) is 4.17. The number of hydrogen-bond donors (Lipinski definition) is 0. The number of carbonyl (C=O) groups excluding carboxylic acids is 1. The van der Waals surface area contributed by atoms with Gasteiger partial charge in [0.1, 0.15) is 5.57 Å². The lowest BCUT2D eigenvalue weighted by molar-refractivity contribution is -0.130. The van der Waals surface area contributed by atoms with Crippen molar-refractivity contribution in [2.45, 2.75) is 19.1 Å². The summed E-state index contributed by atoms with van der Waals surface area (Å²) in [5, 5.41) is 0. The van der Waals surface area contributed by atoms with Crippen LogP contribution in [0.4, 0.5) is 13.2 Å². The lowest BCUT2D eigenvalue weighted by Crippen LogP contribution is -2.32. The summed E-state index contributed by atoms with van der Waals surface area (Å²) >= 11 is 0. The molecule has 0 fully saturated rings. The molecule has 0 N–H and O–H groups in total. The minimum absolute atomic E-state index is 0.0851. The van der Waals surface area contributed by atoms with Crippen molar-refractivity contribution >= 4 is 5.78 Å². The van der Waals surface area contributed by atoms with E-state index < -0.39 is 17.5 Å². The van der Waals surface area contributed by atoms with Gasteiger partial charge in [0.2, 0.25) is 0 Å². The van der Waals surface area contributed by atoms with Gasteiger partial charge in [-0.1, -0.05) is 30.3 Å². The number of rotatable bonds is 2. The molecule has 1 aliphatic rings. The molecule has 0 radical (unpaired) electrons. The molecular weight excluding hydrogens is 243 g/mol. The Morgan fingerprint density at radius 1 is 1.17 bits per heavy atom. The van der Waals surface area contributed by atoms with Crippen LogP contribution >= 0.6 is 0 Å². The van der Waals surface area contributed by atoms with Crippen molar-refractivity contribution < 1.29 is 18.0 Å². The highest BCUT2D eigenvalue weighted by Gasteiger charge is 2.40. The Morgan fingerprint density at radius 2 is 1.83 bits per heavy atom. The zero-order valence-corrected chi connectivity index (χ0v) is 9.57. The van der Waals surface area contributed by atoms with E-state index in [-0.39, 0.29) is 6.42 Å². The van der Waals surface area contributed by atoms with E-state index in [0.29, 0.717) is 13.1 Å². The second kappa shape index (κ2) is 4.84. The molecule has 0 saturated heterocycles. The molecule has 1 aromatic carbocycles. The first-order valence-electron chi connectivity index (χ1n) is 5.57. The highest BCUT2D eigenvalue weighted by Crippen LogP contribution is 2.30. The maximum absolute atomic E-state index is 12.6. The van der Waals surface area contributed by atoms with Crippen LogP contribution in [-0.4, -0.2) is 23.4 Å². The summed E-state index contributed by atoms with van der Waals surface area (Å²) in [6.07, 6.45) is -3.72.